The highest BCUT2D eigenvalue weighted by molar-refractivity contribution is 6.01. The number of amides is 1. The van der Waals surface area contributed by atoms with Crippen molar-refractivity contribution < 1.29 is 19.5 Å². The smallest absolute Gasteiger partial charge is 0.300 e. The number of fused-ring (bicyclic) bond motifs is 1. The van der Waals surface area contributed by atoms with Crippen LogP contribution < -0.4 is 20.9 Å². The van der Waals surface area contributed by atoms with Crippen LogP contribution in [0.4, 0.5) is 0 Å². The Morgan fingerprint density at radius 1 is 0.933 bits per heavy atom. The van der Waals surface area contributed by atoms with Crippen molar-refractivity contribution in [2.45, 2.75) is 6.61 Å². The fourth-order valence-corrected chi connectivity index (χ4v) is 3.08. The SMILES string of the molecule is NC(=O)c1c(O)c2cc(Oc3ccccc3)ccc2n(OCc2ccccc2)c1=O. The molecule has 30 heavy (non-hydrogen) atoms. The van der Waals surface area contributed by atoms with Crippen molar-refractivity contribution in [2.75, 3.05) is 0 Å². The van der Waals surface area contributed by atoms with Crippen LogP contribution >= 0.6 is 0 Å². The second kappa shape index (κ2) is 8.00. The van der Waals surface area contributed by atoms with Crippen molar-refractivity contribution in [3.05, 3.63) is 100 Å². The van der Waals surface area contributed by atoms with Gasteiger partial charge in [0.2, 0.25) is 0 Å². The number of carbonyl (C=O) groups excluding carboxylic acids is 1. The van der Waals surface area contributed by atoms with E-state index in [1.54, 1.807) is 24.3 Å². The van der Waals surface area contributed by atoms with Gasteiger partial charge >= 0.3 is 0 Å². The number of carbonyl (C=O) groups is 1. The largest absolute Gasteiger partial charge is 0.506 e. The first-order valence-corrected chi connectivity index (χ1v) is 9.16. The van der Waals surface area contributed by atoms with Gasteiger partial charge in [0.15, 0.2) is 0 Å². The molecule has 0 saturated carbocycles. The van der Waals surface area contributed by atoms with Crippen molar-refractivity contribution in [3.63, 3.8) is 0 Å². The number of pyridine rings is 1. The van der Waals surface area contributed by atoms with E-state index < -0.39 is 22.8 Å². The van der Waals surface area contributed by atoms with Crippen molar-refractivity contribution in [1.82, 2.24) is 4.73 Å². The molecule has 150 valence electrons. The van der Waals surface area contributed by atoms with Crippen molar-refractivity contribution in [2.24, 2.45) is 5.73 Å². The quantitative estimate of drug-likeness (QED) is 0.515. The summed E-state index contributed by atoms with van der Waals surface area (Å²) >= 11 is 0. The fourth-order valence-electron chi connectivity index (χ4n) is 3.08. The molecule has 7 nitrogen and oxygen atoms in total. The Morgan fingerprint density at radius 3 is 2.27 bits per heavy atom. The molecule has 0 aliphatic rings. The van der Waals surface area contributed by atoms with Crippen LogP contribution in [0, 0.1) is 0 Å². The Labute approximate surface area is 171 Å². The van der Waals surface area contributed by atoms with Crippen LogP contribution in [0.1, 0.15) is 15.9 Å². The first kappa shape index (κ1) is 19.1. The van der Waals surface area contributed by atoms with Gasteiger partial charge in [-0.05, 0) is 35.9 Å². The summed E-state index contributed by atoms with van der Waals surface area (Å²) in [6, 6.07) is 23.1. The minimum atomic E-state index is -1.05. The first-order chi connectivity index (χ1) is 14.5. The molecule has 0 aliphatic heterocycles. The summed E-state index contributed by atoms with van der Waals surface area (Å²) in [6.07, 6.45) is 0. The maximum Gasteiger partial charge on any atom is 0.300 e. The Bertz CT molecular complexity index is 1270. The molecule has 3 N–H and O–H groups in total. The second-order valence-corrected chi connectivity index (χ2v) is 6.54. The lowest BCUT2D eigenvalue weighted by Crippen LogP contribution is -2.33. The van der Waals surface area contributed by atoms with E-state index in [-0.39, 0.29) is 17.5 Å². The number of aromatic hydroxyl groups is 1. The van der Waals surface area contributed by atoms with Crippen LogP contribution in [0.5, 0.6) is 17.2 Å². The van der Waals surface area contributed by atoms with E-state index in [1.807, 2.05) is 48.5 Å². The Morgan fingerprint density at radius 2 is 1.60 bits per heavy atom. The lowest BCUT2D eigenvalue weighted by Gasteiger charge is -2.15. The standard InChI is InChI=1S/C23H18N2O5/c24-22(27)20-21(26)18-13-17(30-16-9-5-2-6-10-16)11-12-19(18)25(23(20)28)29-14-15-7-3-1-4-8-15/h1-13,26H,14H2,(H2,24,27). The third kappa shape index (κ3) is 3.68. The zero-order valence-corrected chi connectivity index (χ0v) is 15.8. The molecule has 4 aromatic rings. The molecule has 4 rings (SSSR count). The number of para-hydroxylation sites is 1. The van der Waals surface area contributed by atoms with Gasteiger partial charge in [-0.15, -0.1) is 4.73 Å². The van der Waals surface area contributed by atoms with E-state index in [1.165, 1.54) is 6.07 Å². The molecule has 3 aromatic carbocycles. The molecule has 7 heteroatoms. The summed E-state index contributed by atoms with van der Waals surface area (Å²) in [5.74, 6) is -0.556. The molecular formula is C23H18N2O5. The Hall–Kier alpha value is -4.26. The van der Waals surface area contributed by atoms with Crippen LogP contribution in [0.25, 0.3) is 10.9 Å². The molecule has 0 spiro atoms. The molecule has 0 bridgehead atoms. The fraction of sp³-hybridized carbons (Fsp3) is 0.0435. The molecular weight excluding hydrogens is 384 g/mol. The zero-order valence-electron chi connectivity index (χ0n) is 15.8. The summed E-state index contributed by atoms with van der Waals surface area (Å²) < 4.78 is 6.75. The van der Waals surface area contributed by atoms with E-state index >= 15 is 0 Å². The Balaban J connectivity index is 1.81. The van der Waals surface area contributed by atoms with Crippen LogP contribution in [0.3, 0.4) is 0 Å². The number of nitrogens with two attached hydrogens (primary N) is 1. The van der Waals surface area contributed by atoms with Gasteiger partial charge in [0, 0.05) is 5.39 Å². The molecule has 0 unspecified atom stereocenters. The second-order valence-electron chi connectivity index (χ2n) is 6.54. The lowest BCUT2D eigenvalue weighted by atomic mass is 10.1. The highest BCUT2D eigenvalue weighted by atomic mass is 16.7. The minimum Gasteiger partial charge on any atom is -0.506 e. The van der Waals surface area contributed by atoms with Gasteiger partial charge in [0.1, 0.15) is 29.4 Å². The predicted molar refractivity (Wildman–Crippen MR) is 112 cm³/mol. The maximum absolute atomic E-state index is 12.8. The number of hydrogen-bond donors (Lipinski definition) is 2. The monoisotopic (exact) mass is 402 g/mol. The van der Waals surface area contributed by atoms with Gasteiger partial charge < -0.3 is 20.4 Å². The molecule has 0 radical (unpaired) electrons. The molecule has 1 heterocycles. The lowest BCUT2D eigenvalue weighted by molar-refractivity contribution is 0.0926. The summed E-state index contributed by atoms with van der Waals surface area (Å²) in [7, 11) is 0. The van der Waals surface area contributed by atoms with Gasteiger partial charge in [-0.25, -0.2) is 0 Å². The van der Waals surface area contributed by atoms with Crippen LogP contribution in [-0.4, -0.2) is 15.7 Å². The van der Waals surface area contributed by atoms with Crippen LogP contribution in [0.2, 0.25) is 0 Å². The van der Waals surface area contributed by atoms with Crippen LogP contribution in [-0.2, 0) is 6.61 Å². The summed E-state index contributed by atoms with van der Waals surface area (Å²) in [5.41, 5.74) is 5.07. The molecule has 0 aliphatic carbocycles. The van der Waals surface area contributed by atoms with Crippen LogP contribution in [0.15, 0.2) is 83.7 Å². The number of hydrogen-bond acceptors (Lipinski definition) is 5. The van der Waals surface area contributed by atoms with Crippen molar-refractivity contribution in [3.8, 4) is 17.2 Å². The number of benzene rings is 3. The van der Waals surface area contributed by atoms with Crippen molar-refractivity contribution >= 4 is 16.8 Å². The minimum absolute atomic E-state index is 0.0844. The molecule has 1 aromatic heterocycles. The number of aromatic nitrogens is 1. The maximum atomic E-state index is 12.8. The molecule has 0 fully saturated rings. The number of ether oxygens (including phenoxy) is 1. The number of rotatable bonds is 6. The van der Waals surface area contributed by atoms with E-state index in [0.29, 0.717) is 11.5 Å². The topological polar surface area (TPSA) is 104 Å². The molecule has 0 saturated heterocycles. The van der Waals surface area contributed by atoms with Gasteiger partial charge in [0.25, 0.3) is 11.5 Å². The van der Waals surface area contributed by atoms with E-state index in [2.05, 4.69) is 0 Å². The third-order valence-corrected chi connectivity index (χ3v) is 4.51. The average Bonchev–Trinajstić information content (AvgIpc) is 2.75. The summed E-state index contributed by atoms with van der Waals surface area (Å²) in [4.78, 5) is 30.3. The highest BCUT2D eigenvalue weighted by Crippen LogP contribution is 2.31. The first-order valence-electron chi connectivity index (χ1n) is 9.16. The van der Waals surface area contributed by atoms with Gasteiger partial charge in [0.05, 0.1) is 5.52 Å². The average molecular weight is 402 g/mol. The third-order valence-electron chi connectivity index (χ3n) is 4.51. The zero-order chi connectivity index (χ0) is 21.1. The van der Waals surface area contributed by atoms with Gasteiger partial charge in [-0.1, -0.05) is 48.5 Å². The number of primary amides is 1. The summed E-state index contributed by atoms with van der Waals surface area (Å²) in [6.45, 7) is 0.0844. The van der Waals surface area contributed by atoms with E-state index in [9.17, 15) is 14.7 Å². The Kier molecular flexibility index (Phi) is 5.09. The van der Waals surface area contributed by atoms with E-state index in [0.717, 1.165) is 10.3 Å². The van der Waals surface area contributed by atoms with Gasteiger partial charge in [-0.3, -0.25) is 9.59 Å². The normalized spacial score (nSPS) is 10.7. The highest BCUT2D eigenvalue weighted by Gasteiger charge is 2.22. The van der Waals surface area contributed by atoms with Crippen molar-refractivity contribution in [1.29, 1.82) is 0 Å². The molecule has 0 atom stereocenters. The number of nitrogens with zero attached hydrogens (tertiary/aromatic N) is 1. The molecule has 1 amide bonds. The van der Waals surface area contributed by atoms with Gasteiger partial charge in [-0.2, -0.15) is 0 Å². The summed E-state index contributed by atoms with van der Waals surface area (Å²) in [5, 5.41) is 10.8. The predicted octanol–water partition coefficient (Wildman–Crippen LogP) is 3.23. The van der Waals surface area contributed by atoms with E-state index in [4.69, 9.17) is 15.3 Å².